The quantitative estimate of drug-likeness (QED) is 0.642. The number of rotatable bonds is 7. The Balaban J connectivity index is 1.57. The molecule has 1 aromatic carbocycles. The van der Waals surface area contributed by atoms with Gasteiger partial charge in [-0.25, -0.2) is 0 Å². The third-order valence-corrected chi connectivity index (χ3v) is 7.23. The molecule has 0 bridgehead atoms. The molecule has 0 aliphatic carbocycles. The molecule has 8 heteroatoms. The van der Waals surface area contributed by atoms with Crippen molar-refractivity contribution in [2.24, 2.45) is 11.8 Å². The number of hydrogen-bond acceptors (Lipinski definition) is 5. The van der Waals surface area contributed by atoms with Crippen LogP contribution >= 0.6 is 11.8 Å². The zero-order chi connectivity index (χ0) is 23.4. The van der Waals surface area contributed by atoms with Crippen LogP contribution in [0.3, 0.4) is 0 Å². The van der Waals surface area contributed by atoms with E-state index >= 15 is 0 Å². The van der Waals surface area contributed by atoms with Gasteiger partial charge in [0.15, 0.2) is 5.16 Å². The molecule has 0 saturated carbocycles. The molecule has 32 heavy (non-hydrogen) atoms. The van der Waals surface area contributed by atoms with Gasteiger partial charge in [0.1, 0.15) is 5.82 Å². The molecular formula is C24H35N5O2S. The molecule has 174 valence electrons. The number of likely N-dealkylation sites (tertiary alicyclic amines) is 1. The van der Waals surface area contributed by atoms with Gasteiger partial charge in [0.2, 0.25) is 11.8 Å². The van der Waals surface area contributed by atoms with E-state index < -0.39 is 0 Å². The lowest BCUT2D eigenvalue weighted by atomic mass is 9.95. The third-order valence-electron chi connectivity index (χ3n) is 6.31. The predicted molar refractivity (Wildman–Crippen MR) is 128 cm³/mol. The average molecular weight is 458 g/mol. The van der Waals surface area contributed by atoms with Crippen molar-refractivity contribution in [3.05, 3.63) is 35.2 Å². The standard InChI is InChI=1S/C24H35N5O2S/c1-15(2)18(5)25-23(31)20-9-11-28(12-10-20)22(30)14-32-24-27-26-19(6)29(24)21-13-16(3)7-8-17(21)4/h7-8,13,15,18,20H,9-12,14H2,1-6H3,(H,25,31). The molecule has 2 heterocycles. The maximum atomic E-state index is 12.8. The van der Waals surface area contributed by atoms with Gasteiger partial charge in [0.25, 0.3) is 0 Å². The molecule has 0 radical (unpaired) electrons. The molecule has 1 N–H and O–H groups in total. The van der Waals surface area contributed by atoms with E-state index in [-0.39, 0.29) is 23.8 Å². The van der Waals surface area contributed by atoms with Crippen molar-refractivity contribution in [1.82, 2.24) is 25.0 Å². The number of hydrogen-bond donors (Lipinski definition) is 1. The van der Waals surface area contributed by atoms with Gasteiger partial charge >= 0.3 is 0 Å². The van der Waals surface area contributed by atoms with E-state index in [1.807, 2.05) is 23.3 Å². The number of benzene rings is 1. The monoisotopic (exact) mass is 457 g/mol. The van der Waals surface area contributed by atoms with Crippen molar-refractivity contribution in [2.45, 2.75) is 65.6 Å². The maximum Gasteiger partial charge on any atom is 0.233 e. The Labute approximate surface area is 195 Å². The van der Waals surface area contributed by atoms with Gasteiger partial charge < -0.3 is 10.2 Å². The summed E-state index contributed by atoms with van der Waals surface area (Å²) >= 11 is 1.42. The highest BCUT2D eigenvalue weighted by Gasteiger charge is 2.28. The van der Waals surface area contributed by atoms with Crippen LogP contribution in [0.25, 0.3) is 5.69 Å². The first-order valence-electron chi connectivity index (χ1n) is 11.4. The zero-order valence-corrected chi connectivity index (χ0v) is 20.8. The van der Waals surface area contributed by atoms with Crippen LogP contribution in [-0.2, 0) is 9.59 Å². The van der Waals surface area contributed by atoms with Gasteiger partial charge in [0.05, 0.1) is 11.4 Å². The Hall–Kier alpha value is -2.35. The number of nitrogens with one attached hydrogen (secondary N) is 1. The Morgan fingerprint density at radius 3 is 2.47 bits per heavy atom. The van der Waals surface area contributed by atoms with Crippen molar-refractivity contribution in [3.63, 3.8) is 0 Å². The Kier molecular flexibility index (Phi) is 7.98. The number of aromatic nitrogens is 3. The van der Waals surface area contributed by atoms with Crippen LogP contribution in [0.4, 0.5) is 0 Å². The molecule has 1 aromatic heterocycles. The molecule has 1 atom stereocenters. The van der Waals surface area contributed by atoms with E-state index in [1.54, 1.807) is 0 Å². The summed E-state index contributed by atoms with van der Waals surface area (Å²) in [6.45, 7) is 13.5. The summed E-state index contributed by atoms with van der Waals surface area (Å²) in [5, 5.41) is 12.4. The molecule has 0 spiro atoms. The largest absolute Gasteiger partial charge is 0.353 e. The van der Waals surface area contributed by atoms with E-state index in [0.717, 1.165) is 22.2 Å². The molecule has 1 saturated heterocycles. The number of carbonyl (C=O) groups is 2. The molecule has 2 aromatic rings. The molecule has 1 unspecified atom stereocenters. The van der Waals surface area contributed by atoms with Crippen molar-refractivity contribution in [1.29, 1.82) is 0 Å². The summed E-state index contributed by atoms with van der Waals surface area (Å²) in [4.78, 5) is 27.2. The zero-order valence-electron chi connectivity index (χ0n) is 20.0. The number of amides is 2. The topological polar surface area (TPSA) is 80.1 Å². The van der Waals surface area contributed by atoms with Crippen LogP contribution in [0, 0.1) is 32.6 Å². The molecule has 3 rings (SSSR count). The molecule has 1 aliphatic heterocycles. The van der Waals surface area contributed by atoms with Gasteiger partial charge in [-0.05, 0) is 63.6 Å². The first-order chi connectivity index (χ1) is 15.2. The average Bonchev–Trinajstić information content (AvgIpc) is 3.13. The van der Waals surface area contributed by atoms with E-state index in [1.165, 1.54) is 17.3 Å². The molecule has 2 amide bonds. The fourth-order valence-electron chi connectivity index (χ4n) is 3.79. The fraction of sp³-hybridized carbons (Fsp3) is 0.583. The maximum absolute atomic E-state index is 12.8. The smallest absolute Gasteiger partial charge is 0.233 e. The van der Waals surface area contributed by atoms with Gasteiger partial charge in [-0.1, -0.05) is 37.7 Å². The van der Waals surface area contributed by atoms with Gasteiger partial charge in [0, 0.05) is 25.0 Å². The summed E-state index contributed by atoms with van der Waals surface area (Å²) in [5.41, 5.74) is 3.35. The Bertz CT molecular complexity index is 963. The highest BCUT2D eigenvalue weighted by Crippen LogP contribution is 2.26. The number of carbonyl (C=O) groups excluding carboxylic acids is 2. The van der Waals surface area contributed by atoms with Crippen LogP contribution in [0.15, 0.2) is 23.4 Å². The number of thioether (sulfide) groups is 1. The minimum absolute atomic E-state index is 0.0112. The summed E-state index contributed by atoms with van der Waals surface area (Å²) in [5.74, 6) is 1.71. The number of nitrogens with zero attached hydrogens (tertiary/aromatic N) is 4. The van der Waals surface area contributed by atoms with Crippen molar-refractivity contribution >= 4 is 23.6 Å². The van der Waals surface area contributed by atoms with Crippen LogP contribution in [0.1, 0.15) is 50.6 Å². The number of piperidine rings is 1. The van der Waals surface area contributed by atoms with Gasteiger partial charge in [-0.3, -0.25) is 14.2 Å². The van der Waals surface area contributed by atoms with Gasteiger partial charge in [-0.15, -0.1) is 10.2 Å². The lowest BCUT2D eigenvalue weighted by molar-refractivity contribution is -0.134. The summed E-state index contributed by atoms with van der Waals surface area (Å²) in [6.07, 6.45) is 1.43. The van der Waals surface area contributed by atoms with Crippen LogP contribution in [0.2, 0.25) is 0 Å². The first kappa shape index (κ1) is 24.3. The fourth-order valence-corrected chi connectivity index (χ4v) is 4.68. The molecule has 1 fully saturated rings. The Morgan fingerprint density at radius 2 is 1.81 bits per heavy atom. The second kappa shape index (κ2) is 10.5. The van der Waals surface area contributed by atoms with Crippen molar-refractivity contribution in [2.75, 3.05) is 18.8 Å². The lowest BCUT2D eigenvalue weighted by Crippen LogP contribution is -2.46. The van der Waals surface area contributed by atoms with Crippen molar-refractivity contribution < 1.29 is 9.59 Å². The van der Waals surface area contributed by atoms with Gasteiger partial charge in [-0.2, -0.15) is 0 Å². The summed E-state index contributed by atoms with van der Waals surface area (Å²) in [6, 6.07) is 6.46. The van der Waals surface area contributed by atoms with E-state index in [9.17, 15) is 9.59 Å². The normalized spacial score (nSPS) is 15.8. The molecular weight excluding hydrogens is 422 g/mol. The summed E-state index contributed by atoms with van der Waals surface area (Å²) < 4.78 is 2.02. The molecule has 7 nitrogen and oxygen atoms in total. The first-order valence-corrected chi connectivity index (χ1v) is 12.4. The minimum Gasteiger partial charge on any atom is -0.353 e. The third kappa shape index (κ3) is 5.71. The van der Waals surface area contributed by atoms with E-state index in [2.05, 4.69) is 61.4 Å². The second-order valence-electron chi connectivity index (χ2n) is 9.14. The molecule has 1 aliphatic rings. The highest BCUT2D eigenvalue weighted by molar-refractivity contribution is 7.99. The van der Waals surface area contributed by atoms with Crippen LogP contribution in [-0.4, -0.2) is 56.4 Å². The lowest BCUT2D eigenvalue weighted by Gasteiger charge is -2.32. The van der Waals surface area contributed by atoms with Crippen LogP contribution < -0.4 is 5.32 Å². The van der Waals surface area contributed by atoms with E-state index in [0.29, 0.717) is 37.6 Å². The number of aryl methyl sites for hydroxylation is 3. The SMILES string of the molecule is Cc1ccc(C)c(-n2c(C)nnc2SCC(=O)N2CCC(C(=O)NC(C)C(C)C)CC2)c1. The summed E-state index contributed by atoms with van der Waals surface area (Å²) in [7, 11) is 0. The minimum atomic E-state index is -0.0112. The highest BCUT2D eigenvalue weighted by atomic mass is 32.2. The predicted octanol–water partition coefficient (Wildman–Crippen LogP) is 3.68. The Morgan fingerprint density at radius 1 is 1.12 bits per heavy atom. The van der Waals surface area contributed by atoms with Crippen LogP contribution in [0.5, 0.6) is 0 Å². The van der Waals surface area contributed by atoms with E-state index in [4.69, 9.17) is 0 Å². The van der Waals surface area contributed by atoms with Crippen molar-refractivity contribution in [3.8, 4) is 5.69 Å². The second-order valence-corrected chi connectivity index (χ2v) is 10.1.